The van der Waals surface area contributed by atoms with E-state index >= 15 is 0 Å². The van der Waals surface area contributed by atoms with Gasteiger partial charge in [-0.25, -0.2) is 28.6 Å². The number of ether oxygens (including phenoxy) is 1. The molecule has 1 aliphatic heterocycles. The molecule has 0 saturated carbocycles. The number of thioether (sulfide) groups is 2. The number of carbonyl (C=O) groups is 5. The van der Waals surface area contributed by atoms with E-state index < -0.39 is 114 Å². The highest BCUT2D eigenvalue weighted by molar-refractivity contribution is 8.14. The molecule has 1 saturated heterocycles. The van der Waals surface area contributed by atoms with Gasteiger partial charge in [-0.1, -0.05) is 68.1 Å². The number of nitrogen functional groups attached to an aromatic ring is 1. The summed E-state index contributed by atoms with van der Waals surface area (Å²) in [7, 11) is -16.5. The van der Waals surface area contributed by atoms with Gasteiger partial charge in [0.1, 0.15) is 42.3 Å². The number of aromatic nitrogens is 4. The summed E-state index contributed by atoms with van der Waals surface area (Å²) >= 11 is 2.14. The highest BCUT2D eigenvalue weighted by Crippen LogP contribution is 2.61. The molecule has 30 nitrogen and oxygen atoms in total. The van der Waals surface area contributed by atoms with Gasteiger partial charge >= 0.3 is 35.4 Å². The van der Waals surface area contributed by atoms with Crippen molar-refractivity contribution in [3.63, 3.8) is 0 Å². The quantitative estimate of drug-likeness (QED) is 0.0197. The van der Waals surface area contributed by atoms with Crippen molar-refractivity contribution in [3.8, 4) is 0 Å². The maximum Gasteiger partial charge on any atom is 0.481 e. The van der Waals surface area contributed by atoms with Gasteiger partial charge in [0, 0.05) is 48.1 Å². The Morgan fingerprint density at radius 3 is 2.30 bits per heavy atom. The van der Waals surface area contributed by atoms with Crippen LogP contribution in [0.2, 0.25) is 0 Å². The second-order valence-electron chi connectivity index (χ2n) is 17.4. The minimum absolute atomic E-state index is 0.0146. The Hall–Kier alpha value is -4.27. The van der Waals surface area contributed by atoms with Crippen LogP contribution in [-0.2, 0) is 60.3 Å². The molecular formula is C42H65N8O22P3S2. The molecule has 1 aliphatic rings. The van der Waals surface area contributed by atoms with Crippen molar-refractivity contribution < 1.29 is 105 Å². The minimum Gasteiger partial charge on any atom is -0.481 e. The largest absolute Gasteiger partial charge is 0.481 e. The fraction of sp³-hybridized carbons (Fsp3) is 0.571. The Morgan fingerprint density at radius 1 is 0.922 bits per heavy atom. The molecule has 0 spiro atoms. The van der Waals surface area contributed by atoms with Crippen molar-refractivity contribution in [2.24, 2.45) is 11.1 Å². The van der Waals surface area contributed by atoms with Crippen molar-refractivity contribution in [1.29, 1.82) is 0 Å². The molecule has 1 fully saturated rings. The molecule has 0 radical (unpaired) electrons. The predicted octanol–water partition coefficient (Wildman–Crippen LogP) is 1.19. The molecule has 10 unspecified atom stereocenters. The zero-order chi connectivity index (χ0) is 57.6. The van der Waals surface area contributed by atoms with E-state index in [9.17, 15) is 72.6 Å². The number of hydrogen-bond acceptors (Lipinski definition) is 23. The van der Waals surface area contributed by atoms with E-state index in [2.05, 4.69) is 34.4 Å². The summed E-state index contributed by atoms with van der Waals surface area (Å²) in [6, 6.07) is -1.11. The number of hydrogen-bond donors (Lipinski definition) is 13. The van der Waals surface area contributed by atoms with Crippen LogP contribution in [0.4, 0.5) is 5.82 Å². The number of carbonyl (C=O) groups excluding carboxylic acids is 3. The number of nitrogens with two attached hydrogens (primary N) is 2. The number of carboxylic acid groups (broad SMARTS) is 2. The number of aliphatic carboxylic acids is 2. The third-order valence-electron chi connectivity index (χ3n) is 10.6. The second-order valence-corrected chi connectivity index (χ2v) is 23.9. The summed E-state index contributed by atoms with van der Waals surface area (Å²) < 4.78 is 62.4. The first-order valence-electron chi connectivity index (χ1n) is 23.2. The van der Waals surface area contributed by atoms with Crippen LogP contribution in [0, 0.1) is 5.41 Å². The number of allylic oxidation sites excluding steroid dienone is 6. The summed E-state index contributed by atoms with van der Waals surface area (Å²) in [6.45, 7) is 0.262. The zero-order valence-corrected chi connectivity index (χ0v) is 45.8. The van der Waals surface area contributed by atoms with Crippen LogP contribution >= 0.6 is 47.0 Å². The van der Waals surface area contributed by atoms with Crippen molar-refractivity contribution in [2.75, 3.05) is 43.5 Å². The lowest BCUT2D eigenvalue weighted by Crippen LogP contribution is -2.46. The van der Waals surface area contributed by atoms with E-state index in [-0.39, 0.29) is 72.4 Å². The normalized spacial score (nSPS) is 20.6. The van der Waals surface area contributed by atoms with Crippen LogP contribution in [0.5, 0.6) is 0 Å². The molecule has 2 amide bonds. The van der Waals surface area contributed by atoms with Crippen LogP contribution in [0.3, 0.4) is 0 Å². The fourth-order valence-corrected chi connectivity index (χ4v) is 11.1. The van der Waals surface area contributed by atoms with Crippen molar-refractivity contribution >= 4 is 92.8 Å². The number of phosphoric ester groups is 3. The van der Waals surface area contributed by atoms with E-state index in [0.29, 0.717) is 12.8 Å². The first kappa shape index (κ1) is 67.0. The van der Waals surface area contributed by atoms with Gasteiger partial charge in [0.05, 0.1) is 25.6 Å². The Balaban J connectivity index is 1.32. The number of nitrogens with one attached hydrogen (secondary N) is 2. The van der Waals surface area contributed by atoms with Gasteiger partial charge in [-0.05, 0) is 38.2 Å². The summed E-state index contributed by atoms with van der Waals surface area (Å²) in [5.41, 5.74) is 9.78. The van der Waals surface area contributed by atoms with Gasteiger partial charge in [-0.3, -0.25) is 42.1 Å². The lowest BCUT2D eigenvalue weighted by atomic mass is 9.87. The molecule has 3 rings (SSSR count). The van der Waals surface area contributed by atoms with Crippen LogP contribution in [0.25, 0.3) is 11.2 Å². The zero-order valence-electron chi connectivity index (χ0n) is 41.5. The van der Waals surface area contributed by atoms with Crippen LogP contribution < -0.4 is 22.1 Å². The summed E-state index contributed by atoms with van der Waals surface area (Å²) in [4.78, 5) is 110. The second kappa shape index (κ2) is 32.1. The number of rotatable bonds is 36. The number of aliphatic hydroxyl groups excluding tert-OH is 3. The Morgan fingerprint density at radius 2 is 1.61 bits per heavy atom. The van der Waals surface area contributed by atoms with E-state index in [0.717, 1.165) is 35.4 Å². The maximum atomic E-state index is 12.8. The van der Waals surface area contributed by atoms with E-state index in [1.807, 2.05) is 12.2 Å². The fourth-order valence-electron chi connectivity index (χ4n) is 6.55. The number of aliphatic hydroxyl groups is 3. The smallest absolute Gasteiger partial charge is 0.481 e. The molecule has 10 atom stereocenters. The standard InChI is InChI=1S/C42H65N8O22P3S2/c1-42(2,23-69-75(66,67)72-74(64,65)68-21-28-35(71-73(61,62)63)34(56)40(70-28)50-25-49-33-37(44)47-24-48-38(33)50)36(57)39(58)46-18-17-30(52)45-19-20-76-32(55)16-11-9-7-5-3-4-6-8-10-14-29(77-22-26(43)41(59)60)27(51)13-12-15-31(53)54/h3-4,6,8,10-11,14,16,24-29,34-36,40,51,56-57H,5,7,9,12-13,15,17-23,43H2,1-2H3,(H,45,52)(H,46,58)(H,53,54)(H,59,60)(H,64,65)(H,66,67)(H2,44,47,48)(H2,61,62,63). The third kappa shape index (κ3) is 24.7. The highest BCUT2D eigenvalue weighted by Gasteiger charge is 2.50. The summed E-state index contributed by atoms with van der Waals surface area (Å²) in [5.74, 6) is -3.39. The van der Waals surface area contributed by atoms with Crippen molar-refractivity contribution in [3.05, 3.63) is 61.3 Å². The van der Waals surface area contributed by atoms with Crippen molar-refractivity contribution in [1.82, 2.24) is 30.2 Å². The average Bonchev–Trinajstić information content (AvgIpc) is 3.90. The molecule has 3 heterocycles. The molecule has 0 bridgehead atoms. The Kier molecular flexibility index (Phi) is 27.9. The van der Waals surface area contributed by atoms with Gasteiger partial charge in [-0.15, -0.1) is 11.8 Å². The summed E-state index contributed by atoms with van der Waals surface area (Å²) in [6.07, 6.45) is 8.26. The lowest BCUT2D eigenvalue weighted by Gasteiger charge is -2.30. The molecule has 0 aliphatic carbocycles. The Labute approximate surface area is 449 Å². The molecule has 35 heteroatoms. The van der Waals surface area contributed by atoms with Gasteiger partial charge in [-0.2, -0.15) is 4.31 Å². The molecular weight excluding hydrogens is 1130 g/mol. The van der Waals surface area contributed by atoms with Crippen molar-refractivity contribution in [2.45, 2.75) is 107 Å². The highest BCUT2D eigenvalue weighted by atomic mass is 32.2. The molecule has 0 aromatic carbocycles. The SMILES string of the molecule is CC(C)(COP(=O)(O)OP(=O)(O)OCC1OC(n2cnc3c(N)ncnc32)C(O)C1OP(=O)(O)O)C(O)C(=O)NCCC(=O)NCCSC(=O)C=CCCCC=CC=CC=CC(SCC(N)C(=O)O)C(O)CCCC(=O)O. The number of imidazole rings is 1. The topological polar surface area (TPSA) is 484 Å². The Bertz CT molecular complexity index is 2570. The summed E-state index contributed by atoms with van der Waals surface area (Å²) in [5, 5.41) is 54.2. The molecule has 2 aromatic heterocycles. The van der Waals surface area contributed by atoms with E-state index in [4.69, 9.17) is 35.5 Å². The lowest BCUT2D eigenvalue weighted by molar-refractivity contribution is -0.138. The van der Waals surface area contributed by atoms with E-state index in [1.54, 1.807) is 30.4 Å². The average molecular weight is 1190 g/mol. The number of nitrogens with zero attached hydrogens (tertiary/aromatic N) is 4. The number of amides is 2. The number of unbranched alkanes of at least 4 members (excludes halogenated alkanes) is 2. The van der Waals surface area contributed by atoms with Gasteiger partial charge < -0.3 is 71.9 Å². The molecule has 77 heavy (non-hydrogen) atoms. The number of carboxylic acids is 2. The number of phosphoric acid groups is 3. The molecule has 432 valence electrons. The van der Waals surface area contributed by atoms with Gasteiger partial charge in [0.15, 0.2) is 17.7 Å². The monoisotopic (exact) mass is 1190 g/mol. The number of anilines is 1. The number of fused-ring (bicyclic) bond motifs is 1. The first-order valence-corrected chi connectivity index (χ1v) is 29.8. The third-order valence-corrected chi connectivity index (χ3v) is 15.9. The molecule has 15 N–H and O–H groups in total. The van der Waals surface area contributed by atoms with Crippen LogP contribution in [0.1, 0.15) is 65.0 Å². The predicted molar refractivity (Wildman–Crippen MR) is 277 cm³/mol. The van der Waals surface area contributed by atoms with E-state index in [1.165, 1.54) is 31.7 Å². The molecule has 2 aromatic rings. The van der Waals surface area contributed by atoms with Crippen LogP contribution in [0.15, 0.2) is 61.3 Å². The first-order chi connectivity index (χ1) is 36.0. The van der Waals surface area contributed by atoms with Gasteiger partial charge in [0.2, 0.25) is 16.9 Å². The van der Waals surface area contributed by atoms with Gasteiger partial charge in [0.25, 0.3) is 0 Å². The minimum atomic E-state index is -5.61. The van der Waals surface area contributed by atoms with Crippen LogP contribution in [-0.4, -0.2) is 173 Å². The maximum absolute atomic E-state index is 12.8.